The predicted molar refractivity (Wildman–Crippen MR) is 91.6 cm³/mol. The second kappa shape index (κ2) is 6.11. The van der Waals surface area contributed by atoms with Crippen LogP contribution in [0.25, 0.3) is 0 Å². The Balaban J connectivity index is 1.55. The smallest absolute Gasteiger partial charge is 0.318 e. The first kappa shape index (κ1) is 15.5. The molecule has 5 heteroatoms. The number of nitrogens with zero attached hydrogens (tertiary/aromatic N) is 2. The average Bonchev–Trinajstić information content (AvgIpc) is 3.38. The van der Waals surface area contributed by atoms with Crippen molar-refractivity contribution in [2.24, 2.45) is 0 Å². The molecule has 3 aliphatic rings. The van der Waals surface area contributed by atoms with E-state index in [1.165, 1.54) is 11.1 Å². The molecule has 1 aromatic rings. The third-order valence-electron chi connectivity index (χ3n) is 5.57. The van der Waals surface area contributed by atoms with E-state index in [9.17, 15) is 9.59 Å². The van der Waals surface area contributed by atoms with Crippen molar-refractivity contribution in [2.45, 2.75) is 56.7 Å². The minimum Gasteiger partial charge on any atom is -0.344 e. The second-order valence-corrected chi connectivity index (χ2v) is 7.30. The Bertz CT molecular complexity index is 656. The van der Waals surface area contributed by atoms with Crippen molar-refractivity contribution in [3.63, 3.8) is 0 Å². The van der Waals surface area contributed by atoms with Crippen LogP contribution in [-0.2, 0) is 11.2 Å². The van der Waals surface area contributed by atoms with Crippen molar-refractivity contribution < 1.29 is 9.59 Å². The predicted octanol–water partition coefficient (Wildman–Crippen LogP) is 2.47. The van der Waals surface area contributed by atoms with Crippen LogP contribution in [0.15, 0.2) is 24.3 Å². The molecule has 2 atom stereocenters. The van der Waals surface area contributed by atoms with Crippen molar-refractivity contribution >= 4 is 11.9 Å². The number of rotatable bonds is 3. The van der Waals surface area contributed by atoms with E-state index in [4.69, 9.17) is 0 Å². The van der Waals surface area contributed by atoms with E-state index >= 15 is 0 Å². The van der Waals surface area contributed by atoms with Gasteiger partial charge < -0.3 is 15.1 Å². The standard InChI is InChI=1S/C19H25N3O2/c1-21-12-11-16(18(21)23)20-19(24)22(14-9-10-14)17-8-4-6-13-5-2-3-7-15(13)17/h2-3,5,7,14,16-17H,4,6,8-12H2,1H3,(H,20,24)/t16-,17-/m0/s1. The fourth-order valence-electron chi connectivity index (χ4n) is 4.11. The van der Waals surface area contributed by atoms with Gasteiger partial charge in [-0.3, -0.25) is 4.79 Å². The largest absolute Gasteiger partial charge is 0.344 e. The zero-order valence-corrected chi connectivity index (χ0v) is 14.2. The molecule has 1 aromatic carbocycles. The van der Waals surface area contributed by atoms with E-state index < -0.39 is 0 Å². The van der Waals surface area contributed by atoms with Gasteiger partial charge in [0.25, 0.3) is 0 Å². The zero-order valence-electron chi connectivity index (χ0n) is 14.2. The van der Waals surface area contributed by atoms with Gasteiger partial charge in [0.05, 0.1) is 6.04 Å². The number of likely N-dealkylation sites (tertiary alicyclic amines) is 1. The highest BCUT2D eigenvalue weighted by Gasteiger charge is 2.41. The number of likely N-dealkylation sites (N-methyl/N-ethyl adjacent to an activating group) is 1. The molecule has 0 spiro atoms. The summed E-state index contributed by atoms with van der Waals surface area (Å²) >= 11 is 0. The Hall–Kier alpha value is -2.04. The molecule has 3 amide bonds. The van der Waals surface area contributed by atoms with Gasteiger partial charge in [-0.1, -0.05) is 24.3 Å². The summed E-state index contributed by atoms with van der Waals surface area (Å²) in [5.41, 5.74) is 2.66. The Morgan fingerprint density at radius 3 is 2.71 bits per heavy atom. The Morgan fingerprint density at radius 1 is 1.21 bits per heavy atom. The monoisotopic (exact) mass is 327 g/mol. The van der Waals surface area contributed by atoms with Gasteiger partial charge in [-0.25, -0.2) is 4.79 Å². The minimum atomic E-state index is -0.359. The Labute approximate surface area is 143 Å². The number of amides is 3. The highest BCUT2D eigenvalue weighted by molar-refractivity contribution is 5.88. The van der Waals surface area contributed by atoms with Gasteiger partial charge >= 0.3 is 6.03 Å². The van der Waals surface area contributed by atoms with E-state index in [0.717, 1.165) is 38.6 Å². The summed E-state index contributed by atoms with van der Waals surface area (Å²) in [7, 11) is 1.80. The fourth-order valence-corrected chi connectivity index (χ4v) is 4.11. The third-order valence-corrected chi connectivity index (χ3v) is 5.57. The van der Waals surface area contributed by atoms with Crippen molar-refractivity contribution in [2.75, 3.05) is 13.6 Å². The lowest BCUT2D eigenvalue weighted by Gasteiger charge is -2.36. The molecule has 0 unspecified atom stereocenters. The number of fused-ring (bicyclic) bond motifs is 1. The Morgan fingerprint density at radius 2 is 2.00 bits per heavy atom. The first-order valence-electron chi connectivity index (χ1n) is 9.07. The maximum absolute atomic E-state index is 13.0. The molecule has 0 radical (unpaired) electrons. The third kappa shape index (κ3) is 2.76. The van der Waals surface area contributed by atoms with Crippen LogP contribution >= 0.6 is 0 Å². The molecule has 1 saturated heterocycles. The number of carbonyl (C=O) groups is 2. The molecule has 2 fully saturated rings. The molecule has 1 saturated carbocycles. The molecule has 128 valence electrons. The molecule has 24 heavy (non-hydrogen) atoms. The highest BCUT2D eigenvalue weighted by atomic mass is 16.2. The summed E-state index contributed by atoms with van der Waals surface area (Å²) in [6.07, 6.45) is 6.08. The lowest BCUT2D eigenvalue weighted by atomic mass is 9.87. The van der Waals surface area contributed by atoms with Crippen LogP contribution < -0.4 is 5.32 Å². The van der Waals surface area contributed by atoms with E-state index in [-0.39, 0.29) is 24.0 Å². The Kier molecular flexibility index (Phi) is 3.94. The van der Waals surface area contributed by atoms with Crippen LogP contribution in [0.3, 0.4) is 0 Å². The van der Waals surface area contributed by atoms with Crippen LogP contribution in [0.1, 0.15) is 49.3 Å². The molecule has 0 aromatic heterocycles. The number of hydrogen-bond acceptors (Lipinski definition) is 2. The lowest BCUT2D eigenvalue weighted by molar-refractivity contribution is -0.128. The van der Waals surface area contributed by atoms with Gasteiger partial charge in [0.2, 0.25) is 5.91 Å². The van der Waals surface area contributed by atoms with E-state index in [0.29, 0.717) is 12.5 Å². The number of benzene rings is 1. The van der Waals surface area contributed by atoms with E-state index in [2.05, 4.69) is 29.6 Å². The van der Waals surface area contributed by atoms with Crippen LogP contribution in [0.5, 0.6) is 0 Å². The maximum Gasteiger partial charge on any atom is 0.318 e. The molecular weight excluding hydrogens is 302 g/mol. The molecular formula is C19H25N3O2. The van der Waals surface area contributed by atoms with Crippen molar-refractivity contribution in [3.8, 4) is 0 Å². The van der Waals surface area contributed by atoms with Crippen molar-refractivity contribution in [3.05, 3.63) is 35.4 Å². The number of urea groups is 1. The van der Waals surface area contributed by atoms with Gasteiger partial charge in [-0.2, -0.15) is 0 Å². The number of nitrogens with one attached hydrogen (secondary N) is 1. The van der Waals surface area contributed by atoms with Gasteiger partial charge in [-0.15, -0.1) is 0 Å². The summed E-state index contributed by atoms with van der Waals surface area (Å²) < 4.78 is 0. The van der Waals surface area contributed by atoms with E-state index in [1.807, 2.05) is 4.90 Å². The van der Waals surface area contributed by atoms with Crippen LogP contribution in [0, 0.1) is 0 Å². The number of hydrogen-bond donors (Lipinski definition) is 1. The van der Waals surface area contributed by atoms with Gasteiger partial charge in [0.1, 0.15) is 6.04 Å². The van der Waals surface area contributed by atoms with E-state index in [1.54, 1.807) is 11.9 Å². The second-order valence-electron chi connectivity index (χ2n) is 7.30. The molecule has 1 aliphatic heterocycles. The van der Waals surface area contributed by atoms with Gasteiger partial charge in [0, 0.05) is 19.6 Å². The van der Waals surface area contributed by atoms with Gasteiger partial charge in [-0.05, 0) is 49.7 Å². The van der Waals surface area contributed by atoms with Crippen molar-refractivity contribution in [1.29, 1.82) is 0 Å². The summed E-state index contributed by atoms with van der Waals surface area (Å²) in [4.78, 5) is 28.8. The topological polar surface area (TPSA) is 52.7 Å². The number of carbonyl (C=O) groups excluding carboxylic acids is 2. The van der Waals surface area contributed by atoms with Crippen LogP contribution in [-0.4, -0.2) is 47.4 Å². The molecule has 4 rings (SSSR count). The van der Waals surface area contributed by atoms with Crippen molar-refractivity contribution in [1.82, 2.24) is 15.1 Å². The minimum absolute atomic E-state index is 0.0307. The van der Waals surface area contributed by atoms with Crippen LogP contribution in [0.4, 0.5) is 4.79 Å². The molecule has 0 bridgehead atoms. The van der Waals surface area contributed by atoms with Gasteiger partial charge in [0.15, 0.2) is 0 Å². The molecule has 2 aliphatic carbocycles. The normalized spacial score (nSPS) is 26.2. The summed E-state index contributed by atoms with van der Waals surface area (Å²) in [5, 5.41) is 3.00. The summed E-state index contributed by atoms with van der Waals surface area (Å²) in [5.74, 6) is 0.0307. The fraction of sp³-hybridized carbons (Fsp3) is 0.579. The first-order valence-corrected chi connectivity index (χ1v) is 9.07. The average molecular weight is 327 g/mol. The maximum atomic E-state index is 13.0. The van der Waals surface area contributed by atoms with Crippen LogP contribution in [0.2, 0.25) is 0 Å². The quantitative estimate of drug-likeness (QED) is 0.927. The summed E-state index contributed by atoms with van der Waals surface area (Å²) in [6.45, 7) is 0.722. The molecule has 1 N–H and O–H groups in total. The first-order chi connectivity index (χ1) is 11.6. The lowest BCUT2D eigenvalue weighted by Crippen LogP contribution is -2.50. The molecule has 1 heterocycles. The summed E-state index contributed by atoms with van der Waals surface area (Å²) in [6, 6.07) is 8.55. The SMILES string of the molecule is CN1CC[C@H](NC(=O)N(C2CC2)[C@H]2CCCc3ccccc32)C1=O. The number of aryl methyl sites for hydroxylation is 1. The highest BCUT2D eigenvalue weighted by Crippen LogP contribution is 2.40. The molecule has 5 nitrogen and oxygen atoms in total. The zero-order chi connectivity index (χ0) is 16.7.